The molecule has 1 aromatic rings. The number of aliphatic hydroxyl groups excluding tert-OH is 1. The molecule has 0 fully saturated rings. The Morgan fingerprint density at radius 2 is 1.73 bits per heavy atom. The Balaban J connectivity index is 0. The number of ether oxygens (including phenoxy) is 1. The van der Waals surface area contributed by atoms with Crippen molar-refractivity contribution in [3.8, 4) is 0 Å². The minimum atomic E-state index is -0.275. The van der Waals surface area contributed by atoms with Gasteiger partial charge >= 0.3 is 5.97 Å². The van der Waals surface area contributed by atoms with E-state index in [4.69, 9.17) is 9.90 Å². The Bertz CT molecular complexity index is 284. The average Bonchev–Trinajstić information content (AvgIpc) is 2.34. The van der Waals surface area contributed by atoms with E-state index in [1.807, 2.05) is 31.9 Å². The fraction of sp³-hybridized carbons (Fsp3) is 0.273. The van der Waals surface area contributed by atoms with Crippen LogP contribution in [0.5, 0.6) is 0 Å². The third-order valence-electron chi connectivity index (χ3n) is 1.55. The van der Waals surface area contributed by atoms with E-state index in [0.29, 0.717) is 5.56 Å². The molecule has 1 N–H and O–H groups in total. The summed E-state index contributed by atoms with van der Waals surface area (Å²) in [6, 6.07) is 7.34. The number of aryl methyl sites for hydroxylation is 1. The van der Waals surface area contributed by atoms with Gasteiger partial charge in [-0.15, -0.1) is 0 Å². The van der Waals surface area contributed by atoms with Crippen molar-refractivity contribution in [1.82, 2.24) is 0 Å². The summed E-state index contributed by atoms with van der Waals surface area (Å²) in [5.74, 6) is -0.275. The maximum atomic E-state index is 11.0. The molecule has 0 radical (unpaired) electrons. The Morgan fingerprint density at radius 3 is 2.13 bits per heavy atom. The summed E-state index contributed by atoms with van der Waals surface area (Å²) in [5, 5.41) is 7.00. The second kappa shape index (κ2) is 10.4. The Hall–Kier alpha value is -1.68. The smallest absolute Gasteiger partial charge is 0.338 e. The van der Waals surface area contributed by atoms with Crippen LogP contribution >= 0.6 is 0 Å². The van der Waals surface area contributed by atoms with Crippen LogP contribution in [-0.4, -0.2) is 32.1 Å². The fourth-order valence-electron chi connectivity index (χ4n) is 0.912. The van der Waals surface area contributed by atoms with Gasteiger partial charge in [0.25, 0.3) is 0 Å². The maximum Gasteiger partial charge on any atom is 0.338 e. The van der Waals surface area contributed by atoms with Gasteiger partial charge in [0, 0.05) is 7.11 Å². The zero-order valence-corrected chi connectivity index (χ0v) is 9.19. The summed E-state index contributed by atoms with van der Waals surface area (Å²) in [4.78, 5) is 19.0. The topological polar surface area (TPSA) is 63.6 Å². The first kappa shape index (κ1) is 15.8. The summed E-state index contributed by atoms with van der Waals surface area (Å²) in [6.07, 6.45) is 0. The molecular formula is C11H16O4. The van der Waals surface area contributed by atoms with E-state index in [9.17, 15) is 4.79 Å². The predicted octanol–water partition coefficient (Wildman–Crippen LogP) is 1.21. The number of hydrogen-bond acceptors (Lipinski definition) is 4. The van der Waals surface area contributed by atoms with Gasteiger partial charge in [0.05, 0.1) is 12.7 Å². The quantitative estimate of drug-likeness (QED) is 0.710. The van der Waals surface area contributed by atoms with Gasteiger partial charge in [0.15, 0.2) is 0 Å². The van der Waals surface area contributed by atoms with Crippen molar-refractivity contribution >= 4 is 12.8 Å². The zero-order valence-electron chi connectivity index (χ0n) is 9.19. The van der Waals surface area contributed by atoms with Crippen LogP contribution in [0.15, 0.2) is 24.3 Å². The van der Waals surface area contributed by atoms with Crippen molar-refractivity contribution < 1.29 is 19.4 Å². The lowest BCUT2D eigenvalue weighted by Gasteiger charge is -2.00. The Kier molecular flexibility index (Phi) is 10.9. The van der Waals surface area contributed by atoms with Gasteiger partial charge < -0.3 is 14.6 Å². The van der Waals surface area contributed by atoms with Crippen molar-refractivity contribution in [3.63, 3.8) is 0 Å². The second-order valence-corrected chi connectivity index (χ2v) is 2.31. The van der Waals surface area contributed by atoms with E-state index < -0.39 is 0 Å². The zero-order chi connectivity index (χ0) is 12.3. The molecule has 0 saturated heterocycles. The van der Waals surface area contributed by atoms with E-state index in [2.05, 4.69) is 4.74 Å². The molecule has 1 aromatic carbocycles. The number of esters is 1. The number of aliphatic hydroxyl groups is 1. The van der Waals surface area contributed by atoms with Crippen LogP contribution in [0.25, 0.3) is 0 Å². The van der Waals surface area contributed by atoms with Crippen molar-refractivity contribution in [3.05, 3.63) is 35.4 Å². The third kappa shape index (κ3) is 5.59. The number of hydrogen-bond donors (Lipinski definition) is 1. The van der Waals surface area contributed by atoms with Crippen molar-refractivity contribution in [1.29, 1.82) is 0 Å². The fourth-order valence-corrected chi connectivity index (χ4v) is 0.912. The summed E-state index contributed by atoms with van der Waals surface area (Å²) in [5.41, 5.74) is 1.58. The molecule has 0 atom stereocenters. The molecule has 84 valence electrons. The molecule has 0 heterocycles. The number of carbonyl (C=O) groups is 2. The van der Waals surface area contributed by atoms with Crippen LogP contribution in [0.3, 0.4) is 0 Å². The Labute approximate surface area is 89.5 Å². The predicted molar refractivity (Wildman–Crippen MR) is 57.8 cm³/mol. The molecule has 1 rings (SSSR count). The standard InChI is InChI=1S/C9H10O2.CH4O.CH2O/c1-7-5-3-4-6-8(7)9(10)11-2;2*1-2/h3-6H,1-2H3;2H,1H3;1H2. The summed E-state index contributed by atoms with van der Waals surface area (Å²) < 4.78 is 4.58. The average molecular weight is 212 g/mol. The number of benzene rings is 1. The minimum Gasteiger partial charge on any atom is -0.465 e. The number of rotatable bonds is 1. The van der Waals surface area contributed by atoms with Gasteiger partial charge in [-0.05, 0) is 18.6 Å². The van der Waals surface area contributed by atoms with Crippen LogP contribution in [0.4, 0.5) is 0 Å². The van der Waals surface area contributed by atoms with Crippen LogP contribution in [0, 0.1) is 6.92 Å². The molecule has 0 bridgehead atoms. The minimum absolute atomic E-state index is 0.275. The van der Waals surface area contributed by atoms with Gasteiger partial charge in [0.2, 0.25) is 0 Å². The van der Waals surface area contributed by atoms with E-state index >= 15 is 0 Å². The van der Waals surface area contributed by atoms with Crippen molar-refractivity contribution in [2.45, 2.75) is 6.92 Å². The molecular weight excluding hydrogens is 196 g/mol. The molecule has 0 unspecified atom stereocenters. The molecule has 0 amide bonds. The highest BCUT2D eigenvalue weighted by atomic mass is 16.5. The van der Waals surface area contributed by atoms with Gasteiger partial charge in [-0.2, -0.15) is 0 Å². The molecule has 15 heavy (non-hydrogen) atoms. The van der Waals surface area contributed by atoms with Crippen LogP contribution in [0.2, 0.25) is 0 Å². The van der Waals surface area contributed by atoms with Crippen molar-refractivity contribution in [2.24, 2.45) is 0 Å². The normalized spacial score (nSPS) is 7.47. The number of methoxy groups -OCH3 is 1. The monoisotopic (exact) mass is 212 g/mol. The first-order valence-corrected chi connectivity index (χ1v) is 4.13. The summed E-state index contributed by atoms with van der Waals surface area (Å²) >= 11 is 0. The van der Waals surface area contributed by atoms with Crippen LogP contribution in [-0.2, 0) is 9.53 Å². The molecule has 0 aliphatic rings. The van der Waals surface area contributed by atoms with Gasteiger partial charge in [-0.1, -0.05) is 18.2 Å². The van der Waals surface area contributed by atoms with Crippen molar-refractivity contribution in [2.75, 3.05) is 14.2 Å². The lowest BCUT2D eigenvalue weighted by atomic mass is 10.1. The largest absolute Gasteiger partial charge is 0.465 e. The maximum absolute atomic E-state index is 11.0. The molecule has 0 saturated carbocycles. The highest BCUT2D eigenvalue weighted by Gasteiger charge is 2.05. The first-order chi connectivity index (χ1) is 7.25. The lowest BCUT2D eigenvalue weighted by molar-refractivity contribution is -0.0980. The van der Waals surface area contributed by atoms with Gasteiger partial charge in [-0.3, -0.25) is 0 Å². The molecule has 0 aromatic heterocycles. The van der Waals surface area contributed by atoms with E-state index in [1.165, 1.54) is 7.11 Å². The number of carbonyl (C=O) groups excluding carboxylic acids is 2. The third-order valence-corrected chi connectivity index (χ3v) is 1.55. The lowest BCUT2D eigenvalue weighted by Crippen LogP contribution is -2.02. The Morgan fingerprint density at radius 1 is 1.27 bits per heavy atom. The summed E-state index contributed by atoms with van der Waals surface area (Å²) in [6.45, 7) is 3.88. The van der Waals surface area contributed by atoms with E-state index in [0.717, 1.165) is 12.7 Å². The highest BCUT2D eigenvalue weighted by Crippen LogP contribution is 2.07. The molecule has 0 aliphatic heterocycles. The van der Waals surface area contributed by atoms with Crippen LogP contribution in [0.1, 0.15) is 15.9 Å². The SMILES string of the molecule is C=O.CO.COC(=O)c1ccccc1C. The van der Waals surface area contributed by atoms with Crippen LogP contribution < -0.4 is 0 Å². The molecule has 0 spiro atoms. The second-order valence-electron chi connectivity index (χ2n) is 2.31. The summed E-state index contributed by atoms with van der Waals surface area (Å²) in [7, 11) is 2.38. The first-order valence-electron chi connectivity index (χ1n) is 4.13. The highest BCUT2D eigenvalue weighted by molar-refractivity contribution is 5.90. The van der Waals surface area contributed by atoms with E-state index in [-0.39, 0.29) is 5.97 Å². The van der Waals surface area contributed by atoms with Gasteiger partial charge in [0.1, 0.15) is 6.79 Å². The molecule has 4 nitrogen and oxygen atoms in total. The van der Waals surface area contributed by atoms with Gasteiger partial charge in [-0.25, -0.2) is 4.79 Å². The molecule has 4 heteroatoms. The molecule has 0 aliphatic carbocycles. The van der Waals surface area contributed by atoms with E-state index in [1.54, 1.807) is 6.07 Å².